The van der Waals surface area contributed by atoms with E-state index in [0.29, 0.717) is 36.5 Å². The van der Waals surface area contributed by atoms with Crippen molar-refractivity contribution in [2.45, 2.75) is 32.2 Å². The number of carbonyl (C=O) groups excluding carboxylic acids is 1. The van der Waals surface area contributed by atoms with Crippen LogP contribution in [0.15, 0.2) is 24.3 Å². The molecular formula is C21H24ClN3O3. The Hall–Kier alpha value is -2.18. The maximum absolute atomic E-state index is 13.4. The van der Waals surface area contributed by atoms with E-state index in [-0.39, 0.29) is 11.9 Å². The molecule has 0 aliphatic carbocycles. The Balaban J connectivity index is 1.70. The number of carboxylic acid groups (broad SMARTS) is 1. The molecular weight excluding hydrogens is 378 g/mol. The molecule has 1 aromatic heterocycles. The Morgan fingerprint density at radius 1 is 1.25 bits per heavy atom. The molecule has 4 rings (SSSR count). The molecule has 2 saturated heterocycles. The van der Waals surface area contributed by atoms with Gasteiger partial charge in [-0.05, 0) is 64.0 Å². The lowest BCUT2D eigenvalue weighted by Gasteiger charge is -2.51. The summed E-state index contributed by atoms with van der Waals surface area (Å²) in [4.78, 5) is 33.9. The molecule has 1 aromatic carbocycles. The third-order valence-corrected chi connectivity index (χ3v) is 6.60. The van der Waals surface area contributed by atoms with Crippen LogP contribution in [-0.4, -0.2) is 64.5 Å². The molecule has 2 fully saturated rings. The minimum atomic E-state index is -0.761. The topological polar surface area (TPSA) is 73.7 Å². The summed E-state index contributed by atoms with van der Waals surface area (Å²) in [5, 5.41) is 11.2. The minimum Gasteiger partial charge on any atom is -0.481 e. The Kier molecular flexibility index (Phi) is 4.79. The summed E-state index contributed by atoms with van der Waals surface area (Å²) < 4.78 is 0. The average molecular weight is 402 g/mol. The third kappa shape index (κ3) is 3.05. The molecule has 2 aliphatic heterocycles. The summed E-state index contributed by atoms with van der Waals surface area (Å²) in [5.74, 6) is -0.830. The first-order valence-electron chi connectivity index (χ1n) is 9.62. The van der Waals surface area contributed by atoms with Crippen LogP contribution in [0, 0.1) is 12.3 Å². The Labute approximate surface area is 169 Å². The van der Waals surface area contributed by atoms with Crippen LogP contribution in [-0.2, 0) is 4.79 Å². The molecule has 1 N–H and O–H groups in total. The maximum atomic E-state index is 13.4. The van der Waals surface area contributed by atoms with E-state index in [1.165, 1.54) is 0 Å². The summed E-state index contributed by atoms with van der Waals surface area (Å²) in [7, 11) is 1.96. The Morgan fingerprint density at radius 3 is 2.79 bits per heavy atom. The number of piperidine rings is 2. The number of aryl methyl sites for hydroxylation is 1. The van der Waals surface area contributed by atoms with Gasteiger partial charge in [0.25, 0.3) is 5.91 Å². The minimum absolute atomic E-state index is 0.0873. The molecule has 1 amide bonds. The van der Waals surface area contributed by atoms with Crippen LogP contribution in [0.2, 0.25) is 5.02 Å². The van der Waals surface area contributed by atoms with Crippen molar-refractivity contribution < 1.29 is 14.7 Å². The van der Waals surface area contributed by atoms with Crippen LogP contribution in [0.1, 0.15) is 35.3 Å². The molecule has 0 bridgehead atoms. The number of likely N-dealkylation sites (N-methyl/N-ethyl adjacent to an activating group) is 1. The predicted molar refractivity (Wildman–Crippen MR) is 108 cm³/mol. The van der Waals surface area contributed by atoms with E-state index < -0.39 is 11.4 Å². The van der Waals surface area contributed by atoms with Gasteiger partial charge in [-0.3, -0.25) is 14.6 Å². The van der Waals surface area contributed by atoms with E-state index in [0.717, 1.165) is 29.6 Å². The van der Waals surface area contributed by atoms with Crippen molar-refractivity contribution in [1.82, 2.24) is 14.8 Å². The quantitative estimate of drug-likeness (QED) is 0.836. The van der Waals surface area contributed by atoms with Gasteiger partial charge in [-0.1, -0.05) is 11.6 Å². The first-order valence-corrected chi connectivity index (χ1v) is 9.99. The second-order valence-electron chi connectivity index (χ2n) is 8.04. The van der Waals surface area contributed by atoms with Gasteiger partial charge in [0.15, 0.2) is 0 Å². The fourth-order valence-corrected chi connectivity index (χ4v) is 5.02. The van der Waals surface area contributed by atoms with E-state index in [1.54, 1.807) is 23.1 Å². The molecule has 0 saturated carbocycles. The zero-order valence-corrected chi connectivity index (χ0v) is 16.9. The molecule has 2 atom stereocenters. The lowest BCUT2D eigenvalue weighted by molar-refractivity contribution is -0.161. The van der Waals surface area contributed by atoms with Crippen molar-refractivity contribution in [3.8, 4) is 0 Å². The van der Waals surface area contributed by atoms with E-state index in [4.69, 9.17) is 11.6 Å². The molecule has 7 heteroatoms. The second kappa shape index (κ2) is 7.01. The number of amides is 1. The zero-order chi connectivity index (χ0) is 20.1. The van der Waals surface area contributed by atoms with Gasteiger partial charge in [0.1, 0.15) is 0 Å². The monoisotopic (exact) mass is 401 g/mol. The Morgan fingerprint density at radius 2 is 2.04 bits per heavy atom. The van der Waals surface area contributed by atoms with Crippen LogP contribution < -0.4 is 0 Å². The van der Waals surface area contributed by atoms with Gasteiger partial charge < -0.3 is 14.9 Å². The van der Waals surface area contributed by atoms with Gasteiger partial charge in [0.2, 0.25) is 0 Å². The highest BCUT2D eigenvalue weighted by Gasteiger charge is 2.52. The standard InChI is InChI=1S/C21H24ClN3O3/c1-13-10-16(15-11-14(22)4-5-17(15)23-13)19(26)25-9-7-21(20(27)28)6-3-8-24(2)18(21)12-25/h4-5,10-11,18H,3,6-9,12H2,1-2H3,(H,27,28)/t18-,21+/m1/s1. The summed E-state index contributed by atoms with van der Waals surface area (Å²) in [6, 6.07) is 6.99. The van der Waals surface area contributed by atoms with Crippen molar-refractivity contribution in [3.63, 3.8) is 0 Å². The molecule has 148 valence electrons. The van der Waals surface area contributed by atoms with Crippen LogP contribution in [0.5, 0.6) is 0 Å². The highest BCUT2D eigenvalue weighted by molar-refractivity contribution is 6.31. The molecule has 2 aliphatic rings. The van der Waals surface area contributed by atoms with Crippen molar-refractivity contribution >= 4 is 34.4 Å². The predicted octanol–water partition coefficient (Wildman–Crippen LogP) is 3.21. The van der Waals surface area contributed by atoms with Crippen LogP contribution in [0.3, 0.4) is 0 Å². The number of carboxylic acids is 1. The van der Waals surface area contributed by atoms with Crippen molar-refractivity contribution in [1.29, 1.82) is 0 Å². The van der Waals surface area contributed by atoms with Gasteiger partial charge in [-0.15, -0.1) is 0 Å². The number of carbonyl (C=O) groups is 2. The van der Waals surface area contributed by atoms with Gasteiger partial charge in [-0.25, -0.2) is 0 Å². The number of aliphatic carboxylic acids is 1. The molecule has 28 heavy (non-hydrogen) atoms. The van der Waals surface area contributed by atoms with Crippen molar-refractivity contribution in [2.75, 3.05) is 26.7 Å². The van der Waals surface area contributed by atoms with Gasteiger partial charge in [0, 0.05) is 35.2 Å². The number of pyridine rings is 1. The number of fused-ring (bicyclic) bond motifs is 2. The first-order chi connectivity index (χ1) is 13.3. The fourth-order valence-electron chi connectivity index (χ4n) is 4.85. The number of rotatable bonds is 2. The molecule has 6 nitrogen and oxygen atoms in total. The van der Waals surface area contributed by atoms with E-state index in [2.05, 4.69) is 9.88 Å². The van der Waals surface area contributed by atoms with Gasteiger partial charge in [-0.2, -0.15) is 0 Å². The third-order valence-electron chi connectivity index (χ3n) is 6.37. The number of hydrogen-bond acceptors (Lipinski definition) is 4. The normalized spacial score (nSPS) is 25.5. The number of benzene rings is 1. The number of halogens is 1. The summed E-state index contributed by atoms with van der Waals surface area (Å²) in [6.07, 6.45) is 2.03. The van der Waals surface area contributed by atoms with E-state index in [9.17, 15) is 14.7 Å². The summed E-state index contributed by atoms with van der Waals surface area (Å²) in [6.45, 7) is 3.59. The highest BCUT2D eigenvalue weighted by Crippen LogP contribution is 2.42. The molecule has 2 aromatic rings. The SMILES string of the molecule is Cc1cc(C(=O)N2CC[C@@]3(C(=O)O)CCCN(C)[C@@H]3C2)c2cc(Cl)ccc2n1. The van der Waals surface area contributed by atoms with Gasteiger partial charge >= 0.3 is 5.97 Å². The Bertz CT molecular complexity index is 963. The maximum Gasteiger partial charge on any atom is 0.311 e. The highest BCUT2D eigenvalue weighted by atomic mass is 35.5. The van der Waals surface area contributed by atoms with Crippen LogP contribution >= 0.6 is 11.6 Å². The van der Waals surface area contributed by atoms with E-state index >= 15 is 0 Å². The molecule has 0 spiro atoms. The number of hydrogen-bond donors (Lipinski definition) is 1. The second-order valence-corrected chi connectivity index (χ2v) is 8.47. The van der Waals surface area contributed by atoms with E-state index in [1.807, 2.05) is 20.0 Å². The fraction of sp³-hybridized carbons (Fsp3) is 0.476. The zero-order valence-electron chi connectivity index (χ0n) is 16.1. The number of likely N-dealkylation sites (tertiary alicyclic amines) is 2. The summed E-state index contributed by atoms with van der Waals surface area (Å²) >= 11 is 6.16. The number of aromatic nitrogens is 1. The molecule has 3 heterocycles. The van der Waals surface area contributed by atoms with Crippen LogP contribution in [0.25, 0.3) is 10.9 Å². The summed E-state index contributed by atoms with van der Waals surface area (Å²) in [5.41, 5.74) is 1.32. The lowest BCUT2D eigenvalue weighted by Crippen LogP contribution is -2.63. The molecule has 0 radical (unpaired) electrons. The van der Waals surface area contributed by atoms with Crippen molar-refractivity contribution in [3.05, 3.63) is 40.5 Å². The average Bonchev–Trinajstić information content (AvgIpc) is 2.67. The lowest BCUT2D eigenvalue weighted by atomic mass is 9.68. The largest absolute Gasteiger partial charge is 0.481 e. The molecule has 0 unspecified atom stereocenters. The van der Waals surface area contributed by atoms with Crippen LogP contribution in [0.4, 0.5) is 0 Å². The smallest absolute Gasteiger partial charge is 0.311 e. The van der Waals surface area contributed by atoms with Gasteiger partial charge in [0.05, 0.1) is 16.5 Å². The number of nitrogens with zero attached hydrogens (tertiary/aromatic N) is 3. The van der Waals surface area contributed by atoms with Crippen molar-refractivity contribution in [2.24, 2.45) is 5.41 Å². The first kappa shape index (κ1) is 19.2.